The Bertz CT molecular complexity index is 663. The maximum Gasteiger partial charge on any atom is 0.327 e. The molecule has 0 bridgehead atoms. The van der Waals surface area contributed by atoms with Crippen LogP contribution in [0, 0.1) is 5.92 Å². The lowest BCUT2D eigenvalue weighted by Crippen LogP contribution is -2.45. The Hall–Kier alpha value is -2.02. The van der Waals surface area contributed by atoms with Gasteiger partial charge >= 0.3 is 11.9 Å². The molecule has 0 aliphatic heterocycles. The number of rotatable bonds is 15. The summed E-state index contributed by atoms with van der Waals surface area (Å²) in [5, 5.41) is 20.4. The largest absolute Gasteiger partial charge is 0.481 e. The fraction of sp³-hybridized carbons (Fsp3) is 0.609. The van der Waals surface area contributed by atoms with Crippen LogP contribution in [0.3, 0.4) is 0 Å². The van der Waals surface area contributed by atoms with Gasteiger partial charge in [0.05, 0.1) is 6.42 Å². The van der Waals surface area contributed by atoms with Gasteiger partial charge in [-0.2, -0.15) is 11.8 Å². The van der Waals surface area contributed by atoms with Gasteiger partial charge < -0.3 is 15.5 Å². The molecule has 1 unspecified atom stereocenters. The van der Waals surface area contributed by atoms with E-state index in [1.165, 1.54) is 35.4 Å². The third kappa shape index (κ3) is 14.9. The average Bonchev–Trinajstić information content (AvgIpc) is 2.62. The summed E-state index contributed by atoms with van der Waals surface area (Å²) in [4.78, 5) is 34.0. The van der Waals surface area contributed by atoms with E-state index in [9.17, 15) is 19.5 Å². The Morgan fingerprint density at radius 2 is 1.50 bits per heavy atom. The van der Waals surface area contributed by atoms with E-state index >= 15 is 0 Å². The molecule has 0 aromatic rings. The highest BCUT2D eigenvalue weighted by molar-refractivity contribution is 7.99. The number of hydrogen-bond donors (Lipinski definition) is 3. The van der Waals surface area contributed by atoms with Crippen molar-refractivity contribution in [3.8, 4) is 0 Å². The Kier molecular flexibility index (Phi) is 14.7. The summed E-state index contributed by atoms with van der Waals surface area (Å²) >= 11 is 1.43. The molecule has 0 saturated carbocycles. The second-order valence-corrected chi connectivity index (χ2v) is 8.97. The van der Waals surface area contributed by atoms with Gasteiger partial charge in [0, 0.05) is 17.4 Å². The van der Waals surface area contributed by atoms with Crippen molar-refractivity contribution >= 4 is 29.6 Å². The van der Waals surface area contributed by atoms with Crippen molar-refractivity contribution in [2.24, 2.45) is 5.92 Å². The molecule has 6 nitrogen and oxygen atoms in total. The maximum absolute atomic E-state index is 11.9. The van der Waals surface area contributed by atoms with Gasteiger partial charge in [-0.05, 0) is 53.4 Å². The molecule has 3 N–H and O–H groups in total. The van der Waals surface area contributed by atoms with E-state index in [0.717, 1.165) is 25.7 Å². The fourth-order valence-electron chi connectivity index (χ4n) is 2.57. The predicted molar refractivity (Wildman–Crippen MR) is 124 cm³/mol. The smallest absolute Gasteiger partial charge is 0.327 e. The Balaban J connectivity index is 4.31. The first-order valence-electron chi connectivity index (χ1n) is 10.3. The van der Waals surface area contributed by atoms with Crippen LogP contribution in [0.5, 0.6) is 0 Å². The lowest BCUT2D eigenvalue weighted by atomic mass is 10.1. The van der Waals surface area contributed by atoms with Crippen molar-refractivity contribution in [1.82, 2.24) is 5.32 Å². The van der Waals surface area contributed by atoms with Gasteiger partial charge in [0.25, 0.3) is 0 Å². The van der Waals surface area contributed by atoms with Crippen LogP contribution < -0.4 is 5.32 Å². The number of amides is 1. The number of carbonyl (C=O) groups is 3. The summed E-state index contributed by atoms with van der Waals surface area (Å²) in [7, 11) is 0. The third-order valence-corrected chi connectivity index (χ3v) is 5.47. The first kappa shape index (κ1) is 28.0. The minimum absolute atomic E-state index is 0.230. The van der Waals surface area contributed by atoms with Crippen LogP contribution in [0.25, 0.3) is 0 Å². The highest BCUT2D eigenvalue weighted by atomic mass is 32.2. The average molecular weight is 440 g/mol. The Morgan fingerprint density at radius 3 is 2.03 bits per heavy atom. The number of aliphatic carboxylic acids is 2. The minimum Gasteiger partial charge on any atom is -0.481 e. The molecule has 0 spiro atoms. The van der Waals surface area contributed by atoms with Crippen LogP contribution in [-0.4, -0.2) is 45.6 Å². The van der Waals surface area contributed by atoms with Crippen molar-refractivity contribution in [2.45, 2.75) is 72.8 Å². The van der Waals surface area contributed by atoms with E-state index in [4.69, 9.17) is 5.11 Å². The van der Waals surface area contributed by atoms with E-state index in [1.807, 2.05) is 0 Å². The van der Waals surface area contributed by atoms with E-state index in [2.05, 4.69) is 51.2 Å². The molecule has 30 heavy (non-hydrogen) atoms. The lowest BCUT2D eigenvalue weighted by Gasteiger charge is -2.16. The Labute approximate surface area is 184 Å². The molecule has 0 fully saturated rings. The highest BCUT2D eigenvalue weighted by Crippen LogP contribution is 2.13. The number of carboxylic acid groups (broad SMARTS) is 2. The molecular formula is C23H37NO5S. The zero-order valence-electron chi connectivity index (χ0n) is 18.9. The fourth-order valence-corrected chi connectivity index (χ4v) is 3.57. The van der Waals surface area contributed by atoms with Crippen LogP contribution in [0.15, 0.2) is 34.9 Å². The van der Waals surface area contributed by atoms with Crippen LogP contribution in [0.2, 0.25) is 0 Å². The summed E-state index contributed by atoms with van der Waals surface area (Å²) in [6.45, 7) is 9.91. The summed E-state index contributed by atoms with van der Waals surface area (Å²) in [6.07, 6.45) is 10.4. The molecule has 0 radical (unpaired) electrons. The van der Waals surface area contributed by atoms with Crippen molar-refractivity contribution in [3.05, 3.63) is 34.9 Å². The Morgan fingerprint density at radius 1 is 0.933 bits per heavy atom. The molecule has 2 atom stereocenters. The van der Waals surface area contributed by atoms with Gasteiger partial charge in [-0.1, -0.05) is 41.9 Å². The second-order valence-electron chi connectivity index (χ2n) is 7.90. The molecule has 0 aromatic heterocycles. The number of carbonyl (C=O) groups excluding carboxylic acids is 1. The molecule has 170 valence electrons. The van der Waals surface area contributed by atoms with Crippen molar-refractivity contribution < 1.29 is 24.6 Å². The molecule has 7 heteroatoms. The molecular weight excluding hydrogens is 402 g/mol. The number of allylic oxidation sites excluding steroid dienone is 5. The first-order valence-corrected chi connectivity index (χ1v) is 11.5. The number of hydrogen-bond acceptors (Lipinski definition) is 4. The third-order valence-electron chi connectivity index (χ3n) is 4.50. The molecule has 0 rings (SSSR count). The monoisotopic (exact) mass is 439 g/mol. The van der Waals surface area contributed by atoms with Gasteiger partial charge in [0.1, 0.15) is 6.04 Å². The van der Waals surface area contributed by atoms with Crippen LogP contribution in [0.1, 0.15) is 66.7 Å². The molecule has 0 aliphatic carbocycles. The number of carboxylic acids is 2. The van der Waals surface area contributed by atoms with Crippen LogP contribution >= 0.6 is 11.8 Å². The molecule has 0 heterocycles. The summed E-state index contributed by atoms with van der Waals surface area (Å²) in [5.74, 6) is -2.63. The van der Waals surface area contributed by atoms with Gasteiger partial charge in [-0.25, -0.2) is 4.79 Å². The normalized spacial score (nSPS) is 14.0. The van der Waals surface area contributed by atoms with Crippen molar-refractivity contribution in [2.75, 3.05) is 11.5 Å². The summed E-state index contributed by atoms with van der Waals surface area (Å²) in [5.41, 5.74) is 3.99. The number of thioether (sulfide) groups is 1. The highest BCUT2D eigenvalue weighted by Gasteiger charge is 2.24. The summed E-state index contributed by atoms with van der Waals surface area (Å²) < 4.78 is 0. The van der Waals surface area contributed by atoms with Crippen LogP contribution in [-0.2, 0) is 14.4 Å². The zero-order valence-corrected chi connectivity index (χ0v) is 19.7. The quantitative estimate of drug-likeness (QED) is 0.250. The standard InChI is InChI=1S/C23H37NO5S/c1-16(2)8-6-9-17(3)10-7-11-18(4)12-13-30-15-20(23(28)29)24-22(27)19(5)14-21(25)26/h8,10,12,19-20H,6-7,9,11,13-15H2,1-5H3,(H,24,27)(H,25,26)(H,28,29)/t19?,20-/m0/s1. The summed E-state index contributed by atoms with van der Waals surface area (Å²) in [6, 6.07) is -1.03. The SMILES string of the molecule is CC(C)=CCCC(C)=CCCC(C)=CCSC[C@H](NC(=O)C(C)CC(=O)O)C(=O)O. The van der Waals surface area contributed by atoms with E-state index in [1.54, 1.807) is 0 Å². The van der Waals surface area contributed by atoms with Crippen molar-refractivity contribution in [1.29, 1.82) is 0 Å². The topological polar surface area (TPSA) is 104 Å². The minimum atomic E-state index is -1.12. The van der Waals surface area contributed by atoms with E-state index in [-0.39, 0.29) is 12.2 Å². The van der Waals surface area contributed by atoms with E-state index < -0.39 is 29.8 Å². The molecule has 0 saturated heterocycles. The van der Waals surface area contributed by atoms with E-state index in [0.29, 0.717) is 5.75 Å². The predicted octanol–water partition coefficient (Wildman–Crippen LogP) is 4.82. The van der Waals surface area contributed by atoms with Gasteiger partial charge in [-0.15, -0.1) is 0 Å². The second kappa shape index (κ2) is 15.8. The van der Waals surface area contributed by atoms with Gasteiger partial charge in [-0.3, -0.25) is 9.59 Å². The number of nitrogens with one attached hydrogen (secondary N) is 1. The zero-order chi connectivity index (χ0) is 23.1. The van der Waals surface area contributed by atoms with Crippen LogP contribution in [0.4, 0.5) is 0 Å². The van der Waals surface area contributed by atoms with Gasteiger partial charge in [0.2, 0.25) is 5.91 Å². The molecule has 0 aromatic carbocycles. The molecule has 0 aliphatic rings. The molecule has 1 amide bonds. The lowest BCUT2D eigenvalue weighted by molar-refractivity contribution is -0.143. The first-order chi connectivity index (χ1) is 14.0. The maximum atomic E-state index is 11.9. The van der Waals surface area contributed by atoms with Crippen molar-refractivity contribution in [3.63, 3.8) is 0 Å². The van der Waals surface area contributed by atoms with Gasteiger partial charge in [0.15, 0.2) is 0 Å².